The zero-order valence-corrected chi connectivity index (χ0v) is 15.2. The van der Waals surface area contributed by atoms with E-state index in [0.29, 0.717) is 10.6 Å². The van der Waals surface area contributed by atoms with Crippen molar-refractivity contribution < 1.29 is 9.84 Å². The minimum absolute atomic E-state index is 0.0698. The maximum Gasteiger partial charge on any atom is 0.217 e. The Morgan fingerprint density at radius 2 is 2.00 bits per heavy atom. The third-order valence-corrected chi connectivity index (χ3v) is 5.91. The summed E-state index contributed by atoms with van der Waals surface area (Å²) in [5.74, 6) is 0.970. The van der Waals surface area contributed by atoms with Crippen molar-refractivity contribution in [3.8, 4) is 11.5 Å². The summed E-state index contributed by atoms with van der Waals surface area (Å²) in [4.78, 5) is 1.16. The van der Waals surface area contributed by atoms with E-state index in [0.717, 1.165) is 28.3 Å². The quantitative estimate of drug-likeness (QED) is 0.649. The number of hydrogen-bond donors (Lipinski definition) is 1. The van der Waals surface area contributed by atoms with Gasteiger partial charge in [-0.3, -0.25) is 0 Å². The first-order chi connectivity index (χ1) is 12.7. The molecule has 0 unspecified atom stereocenters. The lowest BCUT2D eigenvalue weighted by Crippen LogP contribution is -2.33. The van der Waals surface area contributed by atoms with E-state index >= 15 is 0 Å². The first-order valence-corrected chi connectivity index (χ1v) is 9.60. The van der Waals surface area contributed by atoms with Crippen LogP contribution in [-0.4, -0.2) is 15.8 Å². The number of phenols is 1. The van der Waals surface area contributed by atoms with E-state index in [-0.39, 0.29) is 11.8 Å². The number of rotatable bonds is 2. The standard InChI is InChI=1S/C20H15ClN2O2S/c21-12-7-8-17(24)14(10-12)20-23-16(13-4-1-2-5-18(13)25-20)11-15(22-23)19-6-3-9-26-19/h1-10,16,20,24H,11H2/t16-,20+/m0/s1. The van der Waals surface area contributed by atoms with Gasteiger partial charge in [-0.25, -0.2) is 5.01 Å². The third-order valence-electron chi connectivity index (χ3n) is 4.76. The van der Waals surface area contributed by atoms with E-state index in [9.17, 15) is 5.11 Å². The number of nitrogens with zero attached hydrogens (tertiary/aromatic N) is 2. The number of para-hydroxylation sites is 1. The highest BCUT2D eigenvalue weighted by atomic mass is 35.5. The molecule has 4 nitrogen and oxygen atoms in total. The van der Waals surface area contributed by atoms with Crippen molar-refractivity contribution in [2.75, 3.05) is 0 Å². The molecule has 0 spiro atoms. The highest BCUT2D eigenvalue weighted by Gasteiger charge is 2.41. The fraction of sp³-hybridized carbons (Fsp3) is 0.150. The van der Waals surface area contributed by atoms with Crippen molar-refractivity contribution in [2.45, 2.75) is 18.7 Å². The molecule has 2 aromatic carbocycles. The molecule has 0 saturated carbocycles. The number of fused-ring (bicyclic) bond motifs is 3. The molecule has 1 aromatic heterocycles. The molecule has 2 aliphatic heterocycles. The summed E-state index contributed by atoms with van der Waals surface area (Å²) in [6, 6.07) is 17.2. The fourth-order valence-electron chi connectivity index (χ4n) is 3.55. The molecule has 26 heavy (non-hydrogen) atoms. The van der Waals surface area contributed by atoms with Crippen LogP contribution in [0.25, 0.3) is 0 Å². The first-order valence-electron chi connectivity index (χ1n) is 8.34. The zero-order chi connectivity index (χ0) is 17.7. The largest absolute Gasteiger partial charge is 0.507 e. The molecule has 5 rings (SSSR count). The summed E-state index contributed by atoms with van der Waals surface area (Å²) >= 11 is 7.85. The van der Waals surface area contributed by atoms with Gasteiger partial charge < -0.3 is 9.84 Å². The van der Waals surface area contributed by atoms with Crippen LogP contribution >= 0.6 is 22.9 Å². The van der Waals surface area contributed by atoms with Gasteiger partial charge in [-0.15, -0.1) is 11.3 Å². The normalized spacial score (nSPS) is 21.0. The maximum absolute atomic E-state index is 10.4. The van der Waals surface area contributed by atoms with Gasteiger partial charge in [0, 0.05) is 17.0 Å². The second-order valence-electron chi connectivity index (χ2n) is 6.34. The Bertz CT molecular complexity index is 1000. The molecule has 0 fully saturated rings. The van der Waals surface area contributed by atoms with Gasteiger partial charge in [0.25, 0.3) is 0 Å². The molecule has 3 heterocycles. The second-order valence-corrected chi connectivity index (χ2v) is 7.72. The van der Waals surface area contributed by atoms with Crippen LogP contribution < -0.4 is 4.74 Å². The minimum atomic E-state index is -0.522. The number of halogens is 1. The van der Waals surface area contributed by atoms with Crippen LogP contribution in [0.4, 0.5) is 0 Å². The van der Waals surface area contributed by atoms with Gasteiger partial charge in [-0.2, -0.15) is 5.10 Å². The molecule has 2 aliphatic rings. The first kappa shape index (κ1) is 15.7. The average Bonchev–Trinajstić information content (AvgIpc) is 3.32. The molecule has 6 heteroatoms. The monoisotopic (exact) mass is 382 g/mol. The SMILES string of the molecule is Oc1ccc(Cl)cc1[C@H]1Oc2ccccc2[C@@H]2CC(c3cccs3)=NN12. The van der Waals surface area contributed by atoms with E-state index in [2.05, 4.69) is 17.5 Å². The number of phenolic OH excluding ortho intramolecular Hbond substituents is 1. The Labute approximate surface area is 159 Å². The lowest BCUT2D eigenvalue weighted by atomic mass is 9.97. The van der Waals surface area contributed by atoms with Crippen molar-refractivity contribution in [3.63, 3.8) is 0 Å². The van der Waals surface area contributed by atoms with E-state index in [1.807, 2.05) is 29.3 Å². The Kier molecular flexibility index (Phi) is 3.65. The molecule has 2 atom stereocenters. The van der Waals surface area contributed by atoms with E-state index in [4.69, 9.17) is 21.4 Å². The van der Waals surface area contributed by atoms with Crippen LogP contribution in [0.5, 0.6) is 11.5 Å². The number of hydrazone groups is 1. The molecule has 3 aromatic rings. The lowest BCUT2D eigenvalue weighted by Gasteiger charge is -2.38. The maximum atomic E-state index is 10.4. The minimum Gasteiger partial charge on any atom is -0.507 e. The molecule has 1 N–H and O–H groups in total. The van der Waals surface area contributed by atoms with Crippen molar-refractivity contribution in [3.05, 3.63) is 81.0 Å². The van der Waals surface area contributed by atoms with Crippen LogP contribution in [-0.2, 0) is 0 Å². The number of hydrogen-bond acceptors (Lipinski definition) is 5. The molecule has 0 amide bonds. The van der Waals surface area contributed by atoms with Crippen LogP contribution in [0.3, 0.4) is 0 Å². The molecule has 0 bridgehead atoms. The summed E-state index contributed by atoms with van der Waals surface area (Å²) in [7, 11) is 0. The topological polar surface area (TPSA) is 45.1 Å². The van der Waals surface area contributed by atoms with Crippen molar-refractivity contribution in [1.82, 2.24) is 5.01 Å². The van der Waals surface area contributed by atoms with E-state index in [1.165, 1.54) is 0 Å². The van der Waals surface area contributed by atoms with Crippen LogP contribution in [0, 0.1) is 0 Å². The molecule has 0 saturated heterocycles. The van der Waals surface area contributed by atoms with Crippen molar-refractivity contribution in [1.29, 1.82) is 0 Å². The highest BCUT2D eigenvalue weighted by Crippen LogP contribution is 2.49. The van der Waals surface area contributed by atoms with E-state index < -0.39 is 6.23 Å². The van der Waals surface area contributed by atoms with Crippen molar-refractivity contribution >= 4 is 28.6 Å². The Hall–Kier alpha value is -2.50. The number of ether oxygens (including phenoxy) is 1. The summed E-state index contributed by atoms with van der Waals surface area (Å²) in [6.07, 6.45) is 0.282. The van der Waals surface area contributed by atoms with Gasteiger partial charge in [0.15, 0.2) is 0 Å². The van der Waals surface area contributed by atoms with E-state index in [1.54, 1.807) is 29.5 Å². The van der Waals surface area contributed by atoms with Crippen LogP contribution in [0.1, 0.15) is 34.7 Å². The number of aromatic hydroxyl groups is 1. The Morgan fingerprint density at radius 1 is 1.12 bits per heavy atom. The average molecular weight is 383 g/mol. The Morgan fingerprint density at radius 3 is 2.85 bits per heavy atom. The zero-order valence-electron chi connectivity index (χ0n) is 13.7. The van der Waals surface area contributed by atoms with Crippen LogP contribution in [0.2, 0.25) is 5.02 Å². The fourth-order valence-corrected chi connectivity index (χ4v) is 4.46. The highest BCUT2D eigenvalue weighted by molar-refractivity contribution is 7.12. The summed E-state index contributed by atoms with van der Waals surface area (Å²) in [5, 5.41) is 19.8. The molecule has 130 valence electrons. The third kappa shape index (κ3) is 2.47. The Balaban J connectivity index is 1.64. The van der Waals surface area contributed by atoms with Crippen LogP contribution in [0.15, 0.2) is 65.1 Å². The summed E-state index contributed by atoms with van der Waals surface area (Å²) < 4.78 is 6.24. The van der Waals surface area contributed by atoms with Gasteiger partial charge in [-0.05, 0) is 35.7 Å². The molecular weight excluding hydrogens is 368 g/mol. The summed E-state index contributed by atoms with van der Waals surface area (Å²) in [6.45, 7) is 0. The molecular formula is C20H15ClN2O2S. The number of thiophene rings is 1. The van der Waals surface area contributed by atoms with Gasteiger partial charge in [0.1, 0.15) is 11.5 Å². The van der Waals surface area contributed by atoms with Crippen molar-refractivity contribution in [2.24, 2.45) is 5.10 Å². The lowest BCUT2D eigenvalue weighted by molar-refractivity contribution is -0.0203. The van der Waals surface area contributed by atoms with Gasteiger partial charge >= 0.3 is 0 Å². The predicted octanol–water partition coefficient (Wildman–Crippen LogP) is 5.35. The predicted molar refractivity (Wildman–Crippen MR) is 103 cm³/mol. The smallest absolute Gasteiger partial charge is 0.217 e. The molecule has 0 aliphatic carbocycles. The number of benzene rings is 2. The summed E-state index contributed by atoms with van der Waals surface area (Å²) in [5.41, 5.74) is 2.77. The van der Waals surface area contributed by atoms with Gasteiger partial charge in [0.2, 0.25) is 6.23 Å². The van der Waals surface area contributed by atoms with Gasteiger partial charge in [0.05, 0.1) is 22.2 Å². The van der Waals surface area contributed by atoms with Gasteiger partial charge in [-0.1, -0.05) is 35.9 Å². The second kappa shape index (κ2) is 6.04. The molecule has 0 radical (unpaired) electrons.